The summed E-state index contributed by atoms with van der Waals surface area (Å²) < 4.78 is 13.2. The summed E-state index contributed by atoms with van der Waals surface area (Å²) in [5.41, 5.74) is 3.15. The minimum Gasteiger partial charge on any atom is -0.354 e. The summed E-state index contributed by atoms with van der Waals surface area (Å²) >= 11 is 1.53. The van der Waals surface area contributed by atoms with Crippen LogP contribution in [0.25, 0.3) is 0 Å². The van der Waals surface area contributed by atoms with E-state index in [1.807, 2.05) is 32.0 Å². The molecule has 0 heterocycles. The van der Waals surface area contributed by atoms with Gasteiger partial charge in [0.1, 0.15) is 11.9 Å². The van der Waals surface area contributed by atoms with Crippen molar-refractivity contribution in [1.29, 1.82) is 0 Å². The van der Waals surface area contributed by atoms with Gasteiger partial charge in [-0.05, 0) is 43.5 Å². The third kappa shape index (κ3) is 7.54. The Kier molecular flexibility index (Phi) is 9.19. The van der Waals surface area contributed by atoms with Gasteiger partial charge >= 0.3 is 0 Å². The van der Waals surface area contributed by atoms with Crippen molar-refractivity contribution >= 4 is 23.6 Å². The molecular formula is C23H29FN2O2S. The number of hydrogen-bond donors (Lipinski definition) is 1. The quantitative estimate of drug-likeness (QED) is 0.628. The molecule has 2 aromatic rings. The minimum absolute atomic E-state index is 0.105. The van der Waals surface area contributed by atoms with Gasteiger partial charge in [-0.2, -0.15) is 0 Å². The maximum Gasteiger partial charge on any atom is 0.242 e. The Labute approximate surface area is 176 Å². The Morgan fingerprint density at radius 3 is 2.52 bits per heavy atom. The molecular weight excluding hydrogens is 387 g/mol. The Bertz CT molecular complexity index is 811. The minimum atomic E-state index is -0.598. The van der Waals surface area contributed by atoms with Crippen LogP contribution >= 0.6 is 11.8 Å². The second kappa shape index (κ2) is 11.6. The van der Waals surface area contributed by atoms with Gasteiger partial charge in [0, 0.05) is 18.8 Å². The van der Waals surface area contributed by atoms with Crippen LogP contribution < -0.4 is 5.32 Å². The second-order valence-electron chi connectivity index (χ2n) is 7.10. The highest BCUT2D eigenvalue weighted by atomic mass is 32.2. The Balaban J connectivity index is 2.04. The first kappa shape index (κ1) is 22.9. The number of carbonyl (C=O) groups excluding carboxylic acids is 2. The molecule has 0 spiro atoms. The SMILES string of the molecule is CCCNC(=O)C(C)N(Cc1ccc(F)cc1)C(=O)CSCc1cccc(C)c1. The third-order valence-electron chi connectivity index (χ3n) is 4.56. The molecule has 0 aliphatic rings. The van der Waals surface area contributed by atoms with Gasteiger partial charge in [0.15, 0.2) is 0 Å². The standard InChI is InChI=1S/C23H29FN2O2S/c1-4-12-25-23(28)18(3)26(14-19-8-10-21(24)11-9-19)22(27)16-29-15-20-7-5-6-17(2)13-20/h5-11,13,18H,4,12,14-16H2,1-3H3,(H,25,28). The average Bonchev–Trinajstić information content (AvgIpc) is 2.71. The number of carbonyl (C=O) groups is 2. The number of nitrogens with one attached hydrogen (secondary N) is 1. The predicted octanol–water partition coefficient (Wildman–Crippen LogP) is 4.31. The number of benzene rings is 2. The zero-order valence-corrected chi connectivity index (χ0v) is 18.1. The van der Waals surface area contributed by atoms with Gasteiger partial charge < -0.3 is 10.2 Å². The maximum atomic E-state index is 13.2. The molecule has 1 atom stereocenters. The first-order chi connectivity index (χ1) is 13.9. The number of hydrogen-bond acceptors (Lipinski definition) is 3. The Hall–Kier alpha value is -2.34. The highest BCUT2D eigenvalue weighted by molar-refractivity contribution is 7.99. The van der Waals surface area contributed by atoms with Gasteiger partial charge in [-0.1, -0.05) is 48.9 Å². The van der Waals surface area contributed by atoms with Crippen LogP contribution in [0.4, 0.5) is 4.39 Å². The van der Waals surface area contributed by atoms with Gasteiger partial charge in [-0.15, -0.1) is 11.8 Å². The van der Waals surface area contributed by atoms with Crippen LogP contribution in [-0.4, -0.2) is 35.1 Å². The highest BCUT2D eigenvalue weighted by Gasteiger charge is 2.25. The molecule has 2 aromatic carbocycles. The summed E-state index contributed by atoms with van der Waals surface area (Å²) in [7, 11) is 0. The molecule has 0 aliphatic carbocycles. The number of halogens is 1. The summed E-state index contributed by atoms with van der Waals surface area (Å²) in [4.78, 5) is 27.0. The molecule has 156 valence electrons. The molecule has 29 heavy (non-hydrogen) atoms. The number of rotatable bonds is 10. The molecule has 0 radical (unpaired) electrons. The monoisotopic (exact) mass is 416 g/mol. The first-order valence-electron chi connectivity index (χ1n) is 9.85. The molecule has 0 aliphatic heterocycles. The molecule has 2 rings (SSSR count). The van der Waals surface area contributed by atoms with Crippen molar-refractivity contribution in [3.8, 4) is 0 Å². The van der Waals surface area contributed by atoms with E-state index in [-0.39, 0.29) is 29.9 Å². The maximum absolute atomic E-state index is 13.2. The van der Waals surface area contributed by atoms with Gasteiger partial charge in [0.2, 0.25) is 11.8 Å². The highest BCUT2D eigenvalue weighted by Crippen LogP contribution is 2.17. The number of thioether (sulfide) groups is 1. The molecule has 4 nitrogen and oxygen atoms in total. The lowest BCUT2D eigenvalue weighted by Gasteiger charge is -2.28. The van der Waals surface area contributed by atoms with E-state index in [2.05, 4.69) is 11.4 Å². The summed E-state index contributed by atoms with van der Waals surface area (Å²) in [6.45, 7) is 6.60. The zero-order valence-electron chi connectivity index (χ0n) is 17.3. The average molecular weight is 417 g/mol. The third-order valence-corrected chi connectivity index (χ3v) is 5.55. The van der Waals surface area contributed by atoms with Crippen LogP contribution in [0.3, 0.4) is 0 Å². The fraction of sp³-hybridized carbons (Fsp3) is 0.391. The Morgan fingerprint density at radius 2 is 1.86 bits per heavy atom. The fourth-order valence-electron chi connectivity index (χ4n) is 2.91. The molecule has 0 aromatic heterocycles. The van der Waals surface area contributed by atoms with E-state index < -0.39 is 6.04 Å². The van der Waals surface area contributed by atoms with Crippen LogP contribution in [0, 0.1) is 12.7 Å². The molecule has 1 unspecified atom stereocenters. The van der Waals surface area contributed by atoms with Crippen molar-refractivity contribution in [2.24, 2.45) is 0 Å². The normalized spacial score (nSPS) is 11.7. The van der Waals surface area contributed by atoms with Crippen molar-refractivity contribution in [2.75, 3.05) is 12.3 Å². The van der Waals surface area contributed by atoms with Gasteiger partial charge in [0.05, 0.1) is 5.75 Å². The molecule has 0 fully saturated rings. The lowest BCUT2D eigenvalue weighted by atomic mass is 10.1. The van der Waals surface area contributed by atoms with E-state index in [1.54, 1.807) is 24.0 Å². The first-order valence-corrected chi connectivity index (χ1v) is 11.0. The molecule has 0 saturated heterocycles. The van der Waals surface area contributed by atoms with Crippen molar-refractivity contribution < 1.29 is 14.0 Å². The van der Waals surface area contributed by atoms with E-state index in [1.165, 1.54) is 35.0 Å². The second-order valence-corrected chi connectivity index (χ2v) is 8.08. The summed E-state index contributed by atoms with van der Waals surface area (Å²) in [6, 6.07) is 13.6. The molecule has 1 N–H and O–H groups in total. The smallest absolute Gasteiger partial charge is 0.242 e. The molecule has 2 amide bonds. The predicted molar refractivity (Wildman–Crippen MR) is 117 cm³/mol. The van der Waals surface area contributed by atoms with E-state index in [4.69, 9.17) is 0 Å². The van der Waals surface area contributed by atoms with Crippen LogP contribution in [0.5, 0.6) is 0 Å². The summed E-state index contributed by atoms with van der Waals surface area (Å²) in [6.07, 6.45) is 0.830. The molecule has 0 bridgehead atoms. The number of nitrogens with zero attached hydrogens (tertiary/aromatic N) is 1. The van der Waals surface area contributed by atoms with E-state index >= 15 is 0 Å². The van der Waals surface area contributed by atoms with Gasteiger partial charge in [-0.25, -0.2) is 4.39 Å². The van der Waals surface area contributed by atoms with E-state index in [0.717, 1.165) is 17.7 Å². The van der Waals surface area contributed by atoms with Crippen LogP contribution in [0.2, 0.25) is 0 Å². The van der Waals surface area contributed by atoms with Crippen LogP contribution in [0.1, 0.15) is 37.0 Å². The zero-order chi connectivity index (χ0) is 21.2. The molecule has 0 saturated carbocycles. The largest absolute Gasteiger partial charge is 0.354 e. The van der Waals surface area contributed by atoms with Crippen LogP contribution in [-0.2, 0) is 21.9 Å². The van der Waals surface area contributed by atoms with E-state index in [9.17, 15) is 14.0 Å². The Morgan fingerprint density at radius 1 is 1.14 bits per heavy atom. The lowest BCUT2D eigenvalue weighted by Crippen LogP contribution is -2.48. The lowest BCUT2D eigenvalue weighted by molar-refractivity contribution is -0.138. The van der Waals surface area contributed by atoms with Gasteiger partial charge in [0.25, 0.3) is 0 Å². The topological polar surface area (TPSA) is 49.4 Å². The van der Waals surface area contributed by atoms with Crippen molar-refractivity contribution in [3.63, 3.8) is 0 Å². The summed E-state index contributed by atoms with van der Waals surface area (Å²) in [5.74, 6) is 0.403. The van der Waals surface area contributed by atoms with Crippen LogP contribution in [0.15, 0.2) is 48.5 Å². The van der Waals surface area contributed by atoms with Crippen molar-refractivity contribution in [3.05, 3.63) is 71.0 Å². The summed E-state index contributed by atoms with van der Waals surface area (Å²) in [5, 5.41) is 2.85. The van der Waals surface area contributed by atoms with Crippen molar-refractivity contribution in [2.45, 2.75) is 45.5 Å². The fourth-order valence-corrected chi connectivity index (χ4v) is 3.76. The molecule has 6 heteroatoms. The van der Waals surface area contributed by atoms with Gasteiger partial charge in [-0.3, -0.25) is 9.59 Å². The van der Waals surface area contributed by atoms with E-state index in [0.29, 0.717) is 6.54 Å². The number of amides is 2. The number of aryl methyl sites for hydroxylation is 1. The van der Waals surface area contributed by atoms with Crippen molar-refractivity contribution in [1.82, 2.24) is 10.2 Å².